The molecule has 1 saturated carbocycles. The van der Waals surface area contributed by atoms with Crippen molar-refractivity contribution in [3.63, 3.8) is 0 Å². The van der Waals surface area contributed by atoms with Gasteiger partial charge in [-0.2, -0.15) is 0 Å². The molecule has 60 valence electrons. The Labute approximate surface area is 65.0 Å². The fraction of sp³-hybridized carbons (Fsp3) is 1.00. The largest absolute Gasteiger partial charge is 0.0651 e. The topological polar surface area (TPSA) is 0 Å². The lowest BCUT2D eigenvalue weighted by Crippen LogP contribution is -1.92. The van der Waals surface area contributed by atoms with Crippen LogP contribution in [0.25, 0.3) is 0 Å². The zero-order chi connectivity index (χ0) is 7.72. The van der Waals surface area contributed by atoms with Gasteiger partial charge in [0.25, 0.3) is 0 Å². The van der Waals surface area contributed by atoms with E-state index in [0.717, 1.165) is 23.7 Å². The van der Waals surface area contributed by atoms with Gasteiger partial charge >= 0.3 is 0 Å². The van der Waals surface area contributed by atoms with E-state index in [2.05, 4.69) is 27.7 Å². The summed E-state index contributed by atoms with van der Waals surface area (Å²) in [6, 6.07) is 0. The van der Waals surface area contributed by atoms with Crippen LogP contribution >= 0.6 is 0 Å². The van der Waals surface area contributed by atoms with Crippen LogP contribution in [-0.4, -0.2) is 0 Å². The van der Waals surface area contributed by atoms with E-state index >= 15 is 0 Å². The third-order valence-electron chi connectivity index (χ3n) is 3.11. The molecule has 0 spiro atoms. The van der Waals surface area contributed by atoms with Crippen LogP contribution in [0.3, 0.4) is 0 Å². The number of hydrogen-bond donors (Lipinski definition) is 0. The Balaban J connectivity index is 2.36. The van der Waals surface area contributed by atoms with Gasteiger partial charge in [0.1, 0.15) is 0 Å². The van der Waals surface area contributed by atoms with E-state index < -0.39 is 0 Å². The van der Waals surface area contributed by atoms with Crippen molar-refractivity contribution < 1.29 is 0 Å². The summed E-state index contributed by atoms with van der Waals surface area (Å²) >= 11 is 0. The summed E-state index contributed by atoms with van der Waals surface area (Å²) in [4.78, 5) is 0. The van der Waals surface area contributed by atoms with E-state index in [1.807, 2.05) is 0 Å². The van der Waals surface area contributed by atoms with Gasteiger partial charge in [-0.15, -0.1) is 0 Å². The minimum Gasteiger partial charge on any atom is -0.0651 e. The number of hydrogen-bond acceptors (Lipinski definition) is 0. The third-order valence-corrected chi connectivity index (χ3v) is 3.11. The molecule has 0 aromatic rings. The van der Waals surface area contributed by atoms with E-state index in [4.69, 9.17) is 0 Å². The molecule has 10 heavy (non-hydrogen) atoms. The second kappa shape index (κ2) is 2.94. The van der Waals surface area contributed by atoms with Gasteiger partial charge in [0.2, 0.25) is 0 Å². The summed E-state index contributed by atoms with van der Waals surface area (Å²) in [6.07, 6.45) is 2.81. The average Bonchev–Trinajstić information content (AvgIpc) is 2.60. The van der Waals surface area contributed by atoms with E-state index in [1.165, 1.54) is 12.8 Å². The molecule has 0 saturated heterocycles. The molecule has 0 heteroatoms. The van der Waals surface area contributed by atoms with Crippen molar-refractivity contribution in [2.24, 2.45) is 23.7 Å². The Morgan fingerprint density at radius 2 is 1.40 bits per heavy atom. The maximum absolute atomic E-state index is 2.36. The summed E-state index contributed by atoms with van der Waals surface area (Å²) in [7, 11) is 0. The molecule has 1 aliphatic rings. The van der Waals surface area contributed by atoms with Gasteiger partial charge in [0, 0.05) is 0 Å². The molecule has 0 radical (unpaired) electrons. The highest BCUT2D eigenvalue weighted by molar-refractivity contribution is 4.96. The van der Waals surface area contributed by atoms with Gasteiger partial charge in [-0.05, 0) is 23.7 Å². The van der Waals surface area contributed by atoms with Crippen LogP contribution in [0.15, 0.2) is 0 Å². The lowest BCUT2D eigenvalue weighted by Gasteiger charge is -2.00. The van der Waals surface area contributed by atoms with Crippen LogP contribution in [0.1, 0.15) is 40.5 Å². The predicted molar refractivity (Wildman–Crippen MR) is 45.9 cm³/mol. The Hall–Kier alpha value is 0. The van der Waals surface area contributed by atoms with E-state index in [-0.39, 0.29) is 0 Å². The van der Waals surface area contributed by atoms with Gasteiger partial charge < -0.3 is 0 Å². The zero-order valence-electron chi connectivity index (χ0n) is 7.72. The van der Waals surface area contributed by atoms with Crippen molar-refractivity contribution >= 4 is 0 Å². The average molecular weight is 140 g/mol. The smallest absolute Gasteiger partial charge is 0.0329 e. The van der Waals surface area contributed by atoms with Crippen molar-refractivity contribution in [3.8, 4) is 0 Å². The Morgan fingerprint density at radius 3 is 1.50 bits per heavy atom. The van der Waals surface area contributed by atoms with Gasteiger partial charge in [-0.1, -0.05) is 40.5 Å². The molecule has 2 unspecified atom stereocenters. The van der Waals surface area contributed by atoms with Crippen LogP contribution in [0.2, 0.25) is 0 Å². The molecule has 0 nitrogen and oxygen atoms in total. The molecule has 1 rings (SSSR count). The van der Waals surface area contributed by atoms with Crippen molar-refractivity contribution in [3.05, 3.63) is 0 Å². The molecule has 1 aliphatic carbocycles. The van der Waals surface area contributed by atoms with Crippen LogP contribution in [0.4, 0.5) is 0 Å². The van der Waals surface area contributed by atoms with Gasteiger partial charge in [-0.25, -0.2) is 0 Å². The molecule has 0 aromatic heterocycles. The third kappa shape index (κ3) is 1.21. The lowest BCUT2D eigenvalue weighted by atomic mass is 10.1. The molecule has 0 heterocycles. The van der Waals surface area contributed by atoms with E-state index in [0.29, 0.717) is 0 Å². The highest BCUT2D eigenvalue weighted by atomic mass is 14.5. The highest BCUT2D eigenvalue weighted by Gasteiger charge is 2.48. The van der Waals surface area contributed by atoms with Gasteiger partial charge in [0.05, 0.1) is 0 Å². The molecule has 0 amide bonds. The fourth-order valence-corrected chi connectivity index (χ4v) is 2.61. The normalized spacial score (nSPS) is 38.7. The first-order valence-electron chi connectivity index (χ1n) is 4.72. The maximum Gasteiger partial charge on any atom is -0.0329 e. The highest BCUT2D eigenvalue weighted by Crippen LogP contribution is 2.54. The van der Waals surface area contributed by atoms with Crippen LogP contribution in [0, 0.1) is 23.7 Å². The van der Waals surface area contributed by atoms with E-state index in [9.17, 15) is 0 Å². The van der Waals surface area contributed by atoms with Crippen molar-refractivity contribution in [1.29, 1.82) is 0 Å². The van der Waals surface area contributed by atoms with E-state index in [1.54, 1.807) is 0 Å². The Morgan fingerprint density at radius 1 is 1.00 bits per heavy atom. The first-order valence-corrected chi connectivity index (χ1v) is 4.72. The standard InChI is InChI=1S/C10H20/c1-5-8-9(6-2)10(8)7(3)4/h7-10H,5-6H2,1-4H3. The van der Waals surface area contributed by atoms with Crippen molar-refractivity contribution in [2.75, 3.05) is 0 Å². The SMILES string of the molecule is CCC1C(CC)C1C(C)C. The second-order valence-corrected chi connectivity index (χ2v) is 3.97. The molecule has 0 bridgehead atoms. The zero-order valence-corrected chi connectivity index (χ0v) is 7.72. The fourth-order valence-electron chi connectivity index (χ4n) is 2.61. The molecule has 0 N–H and O–H groups in total. The van der Waals surface area contributed by atoms with Crippen LogP contribution < -0.4 is 0 Å². The summed E-state index contributed by atoms with van der Waals surface area (Å²) in [5.74, 6) is 4.14. The van der Waals surface area contributed by atoms with Gasteiger partial charge in [-0.3, -0.25) is 0 Å². The number of rotatable bonds is 3. The summed E-state index contributed by atoms with van der Waals surface area (Å²) in [5, 5.41) is 0. The molecule has 0 aliphatic heterocycles. The molecule has 0 aromatic carbocycles. The quantitative estimate of drug-likeness (QED) is 0.564. The Kier molecular flexibility index (Phi) is 2.38. The summed E-state index contributed by atoms with van der Waals surface area (Å²) in [6.45, 7) is 9.39. The molecular formula is C10H20. The van der Waals surface area contributed by atoms with Gasteiger partial charge in [0.15, 0.2) is 0 Å². The lowest BCUT2D eigenvalue weighted by molar-refractivity contribution is 0.495. The van der Waals surface area contributed by atoms with Crippen LogP contribution in [0.5, 0.6) is 0 Å². The Bertz CT molecular complexity index is 94.6. The maximum atomic E-state index is 2.36. The van der Waals surface area contributed by atoms with Crippen molar-refractivity contribution in [2.45, 2.75) is 40.5 Å². The summed E-state index contributed by atoms with van der Waals surface area (Å²) in [5.41, 5.74) is 0. The second-order valence-electron chi connectivity index (χ2n) is 3.97. The van der Waals surface area contributed by atoms with Crippen LogP contribution in [-0.2, 0) is 0 Å². The first-order chi connectivity index (χ1) is 4.72. The van der Waals surface area contributed by atoms with Crippen molar-refractivity contribution in [1.82, 2.24) is 0 Å². The minimum atomic E-state index is 0.926. The monoisotopic (exact) mass is 140 g/mol. The summed E-state index contributed by atoms with van der Waals surface area (Å²) < 4.78 is 0. The minimum absolute atomic E-state index is 0.926. The molecular weight excluding hydrogens is 120 g/mol. The predicted octanol–water partition coefficient (Wildman–Crippen LogP) is 3.32. The molecule has 1 fully saturated rings. The first kappa shape index (κ1) is 8.10. The molecule has 2 atom stereocenters.